The average Bonchev–Trinajstić information content (AvgIpc) is 2.98. The number of urea groups is 1. The minimum atomic E-state index is -0.0826. The van der Waals surface area contributed by atoms with Crippen LogP contribution in [-0.4, -0.2) is 50.5 Å². The van der Waals surface area contributed by atoms with Crippen LogP contribution in [0.15, 0.2) is 24.4 Å². The Morgan fingerprint density at radius 2 is 2.24 bits per heavy atom. The molecule has 1 aliphatic rings. The molecule has 2 aromatic rings. The van der Waals surface area contributed by atoms with Crippen LogP contribution in [0.25, 0.3) is 5.82 Å². The van der Waals surface area contributed by atoms with Crippen molar-refractivity contribution in [3.8, 4) is 5.82 Å². The van der Waals surface area contributed by atoms with Gasteiger partial charge in [0.15, 0.2) is 5.82 Å². The molecule has 134 valence electrons. The van der Waals surface area contributed by atoms with E-state index in [9.17, 15) is 9.90 Å². The van der Waals surface area contributed by atoms with Gasteiger partial charge >= 0.3 is 6.03 Å². The Morgan fingerprint density at radius 3 is 2.88 bits per heavy atom. The second-order valence-corrected chi connectivity index (χ2v) is 6.66. The van der Waals surface area contributed by atoms with Crippen molar-refractivity contribution < 1.29 is 9.90 Å². The van der Waals surface area contributed by atoms with Crippen LogP contribution >= 0.6 is 0 Å². The first kappa shape index (κ1) is 17.4. The lowest BCUT2D eigenvalue weighted by Gasteiger charge is -2.31. The Bertz CT molecular complexity index is 726. The fourth-order valence-corrected chi connectivity index (χ4v) is 3.20. The molecular weight excluding hydrogens is 318 g/mol. The maximum absolute atomic E-state index is 12.3. The molecule has 0 saturated carbocycles. The van der Waals surface area contributed by atoms with Gasteiger partial charge in [-0.3, -0.25) is 0 Å². The fraction of sp³-hybridized carbons (Fsp3) is 0.500. The van der Waals surface area contributed by atoms with Crippen molar-refractivity contribution in [3.05, 3.63) is 41.3 Å². The third-order valence-corrected chi connectivity index (χ3v) is 4.54. The van der Waals surface area contributed by atoms with Crippen LogP contribution in [0.1, 0.15) is 29.8 Å². The standard InChI is InChI=1S/C18H25N5O2/c1-13-8-14(2)23(21-13)17-6-5-15(9-19-17)10-20-18(25)22-7-3-4-16(11-22)12-24/h5-6,8-9,16,24H,3-4,7,10-12H2,1-2H3,(H,20,25). The number of pyridine rings is 1. The van der Waals surface area contributed by atoms with Gasteiger partial charge in [-0.25, -0.2) is 14.5 Å². The van der Waals surface area contributed by atoms with Crippen LogP contribution in [-0.2, 0) is 6.54 Å². The summed E-state index contributed by atoms with van der Waals surface area (Å²) in [6.45, 7) is 5.89. The first-order chi connectivity index (χ1) is 12.1. The number of aliphatic hydroxyl groups is 1. The molecule has 1 unspecified atom stereocenters. The third kappa shape index (κ3) is 4.17. The molecule has 1 saturated heterocycles. The molecule has 3 rings (SSSR count). The number of nitrogens with zero attached hydrogens (tertiary/aromatic N) is 4. The molecule has 2 amide bonds. The van der Waals surface area contributed by atoms with E-state index in [1.807, 2.05) is 32.0 Å². The van der Waals surface area contributed by atoms with Gasteiger partial charge in [0.25, 0.3) is 0 Å². The van der Waals surface area contributed by atoms with Crippen LogP contribution in [0, 0.1) is 19.8 Å². The summed E-state index contributed by atoms with van der Waals surface area (Å²) in [6.07, 6.45) is 3.69. The van der Waals surface area contributed by atoms with Crippen molar-refractivity contribution in [2.75, 3.05) is 19.7 Å². The number of carbonyl (C=O) groups excluding carboxylic acids is 1. The number of aryl methyl sites for hydroxylation is 2. The number of likely N-dealkylation sites (tertiary alicyclic amines) is 1. The van der Waals surface area contributed by atoms with Gasteiger partial charge in [-0.15, -0.1) is 0 Å². The van der Waals surface area contributed by atoms with Crippen molar-refractivity contribution in [2.24, 2.45) is 5.92 Å². The number of hydrogen-bond donors (Lipinski definition) is 2. The molecule has 0 aromatic carbocycles. The van der Waals surface area contributed by atoms with Gasteiger partial charge in [0, 0.05) is 38.1 Å². The van der Waals surface area contributed by atoms with Crippen LogP contribution < -0.4 is 5.32 Å². The molecule has 7 heteroatoms. The van der Waals surface area contributed by atoms with Crippen molar-refractivity contribution in [3.63, 3.8) is 0 Å². The second-order valence-electron chi connectivity index (χ2n) is 6.66. The Hall–Kier alpha value is -2.41. The first-order valence-electron chi connectivity index (χ1n) is 8.69. The lowest BCUT2D eigenvalue weighted by molar-refractivity contribution is 0.129. The Labute approximate surface area is 147 Å². The van der Waals surface area contributed by atoms with Gasteiger partial charge < -0.3 is 15.3 Å². The first-order valence-corrected chi connectivity index (χ1v) is 8.69. The summed E-state index contributed by atoms with van der Waals surface area (Å²) in [4.78, 5) is 18.5. The zero-order chi connectivity index (χ0) is 17.8. The highest BCUT2D eigenvalue weighted by Crippen LogP contribution is 2.16. The molecule has 0 spiro atoms. The second kappa shape index (κ2) is 7.65. The van der Waals surface area contributed by atoms with E-state index in [2.05, 4.69) is 15.4 Å². The van der Waals surface area contributed by atoms with Crippen LogP contribution in [0.2, 0.25) is 0 Å². The number of carbonyl (C=O) groups is 1. The van der Waals surface area contributed by atoms with E-state index < -0.39 is 0 Å². The van der Waals surface area contributed by atoms with Gasteiger partial charge in [0.05, 0.1) is 5.69 Å². The highest BCUT2D eigenvalue weighted by molar-refractivity contribution is 5.74. The van der Waals surface area contributed by atoms with E-state index >= 15 is 0 Å². The van der Waals surface area contributed by atoms with Gasteiger partial charge in [-0.05, 0) is 50.3 Å². The molecule has 1 atom stereocenters. The highest BCUT2D eigenvalue weighted by atomic mass is 16.3. The number of piperidine rings is 1. The maximum atomic E-state index is 12.3. The number of aromatic nitrogens is 3. The monoisotopic (exact) mass is 343 g/mol. The van der Waals surface area contributed by atoms with Gasteiger partial charge in [0.2, 0.25) is 0 Å². The summed E-state index contributed by atoms with van der Waals surface area (Å²) in [5.74, 6) is 0.962. The minimum absolute atomic E-state index is 0.0826. The number of hydrogen-bond acceptors (Lipinski definition) is 4. The molecular formula is C18H25N5O2. The van der Waals surface area contributed by atoms with E-state index in [0.29, 0.717) is 13.1 Å². The van der Waals surface area contributed by atoms with E-state index in [0.717, 1.165) is 42.2 Å². The quantitative estimate of drug-likeness (QED) is 0.887. The lowest BCUT2D eigenvalue weighted by Crippen LogP contribution is -2.45. The normalized spacial score (nSPS) is 17.6. The zero-order valence-electron chi connectivity index (χ0n) is 14.8. The zero-order valence-corrected chi connectivity index (χ0v) is 14.8. The molecule has 0 radical (unpaired) electrons. The number of rotatable bonds is 4. The number of nitrogens with one attached hydrogen (secondary N) is 1. The van der Waals surface area contributed by atoms with Crippen LogP contribution in [0.3, 0.4) is 0 Å². The van der Waals surface area contributed by atoms with Gasteiger partial charge in [-0.2, -0.15) is 5.10 Å². The molecule has 1 aliphatic heterocycles. The Balaban J connectivity index is 1.57. The van der Waals surface area contributed by atoms with E-state index in [4.69, 9.17) is 0 Å². The van der Waals surface area contributed by atoms with Gasteiger partial charge in [0.1, 0.15) is 0 Å². The van der Waals surface area contributed by atoms with Crippen LogP contribution in [0.5, 0.6) is 0 Å². The Kier molecular flexibility index (Phi) is 5.33. The van der Waals surface area contributed by atoms with E-state index in [-0.39, 0.29) is 18.6 Å². The predicted molar refractivity (Wildman–Crippen MR) is 94.5 cm³/mol. The third-order valence-electron chi connectivity index (χ3n) is 4.54. The summed E-state index contributed by atoms with van der Waals surface area (Å²) < 4.78 is 1.81. The molecule has 25 heavy (non-hydrogen) atoms. The molecule has 3 heterocycles. The molecule has 0 aliphatic carbocycles. The summed E-state index contributed by atoms with van der Waals surface area (Å²) in [5.41, 5.74) is 2.93. The van der Waals surface area contributed by atoms with Crippen LogP contribution in [0.4, 0.5) is 4.79 Å². The molecule has 2 N–H and O–H groups in total. The summed E-state index contributed by atoms with van der Waals surface area (Å²) in [7, 11) is 0. The smallest absolute Gasteiger partial charge is 0.317 e. The fourth-order valence-electron chi connectivity index (χ4n) is 3.20. The lowest BCUT2D eigenvalue weighted by atomic mass is 9.99. The van der Waals surface area contributed by atoms with Crippen molar-refractivity contribution in [2.45, 2.75) is 33.2 Å². The molecule has 7 nitrogen and oxygen atoms in total. The van der Waals surface area contributed by atoms with E-state index in [1.165, 1.54) is 0 Å². The Morgan fingerprint density at radius 1 is 1.40 bits per heavy atom. The molecule has 1 fully saturated rings. The predicted octanol–water partition coefficient (Wildman–Crippen LogP) is 1.80. The number of amides is 2. The maximum Gasteiger partial charge on any atom is 0.317 e. The van der Waals surface area contributed by atoms with Crippen molar-refractivity contribution >= 4 is 6.03 Å². The number of aliphatic hydroxyl groups excluding tert-OH is 1. The molecule has 2 aromatic heterocycles. The highest BCUT2D eigenvalue weighted by Gasteiger charge is 2.22. The molecule has 0 bridgehead atoms. The summed E-state index contributed by atoms with van der Waals surface area (Å²) in [5, 5.41) is 16.6. The summed E-state index contributed by atoms with van der Waals surface area (Å²) in [6, 6.07) is 5.78. The SMILES string of the molecule is Cc1cc(C)n(-c2ccc(CNC(=O)N3CCCC(CO)C3)cn2)n1. The minimum Gasteiger partial charge on any atom is -0.396 e. The van der Waals surface area contributed by atoms with Gasteiger partial charge in [-0.1, -0.05) is 6.07 Å². The van der Waals surface area contributed by atoms with Crippen molar-refractivity contribution in [1.29, 1.82) is 0 Å². The summed E-state index contributed by atoms with van der Waals surface area (Å²) >= 11 is 0. The average molecular weight is 343 g/mol. The van der Waals surface area contributed by atoms with Crippen molar-refractivity contribution in [1.82, 2.24) is 25.0 Å². The van der Waals surface area contributed by atoms with E-state index in [1.54, 1.807) is 15.8 Å². The largest absolute Gasteiger partial charge is 0.396 e. The topological polar surface area (TPSA) is 83.3 Å².